The zero-order chi connectivity index (χ0) is 26.8. The average Bonchev–Trinajstić information content (AvgIpc) is 2.87. The minimum absolute atomic E-state index is 0.0890. The lowest BCUT2D eigenvalue weighted by atomic mass is 9.88. The van der Waals surface area contributed by atoms with Crippen molar-refractivity contribution in [1.29, 1.82) is 0 Å². The van der Waals surface area contributed by atoms with E-state index in [0.717, 1.165) is 34.5 Å². The maximum atomic E-state index is 15.2. The number of nitrogens with zero attached hydrogens (tertiary/aromatic N) is 2. The van der Waals surface area contributed by atoms with Crippen molar-refractivity contribution >= 4 is 17.3 Å². The number of pyridine rings is 1. The van der Waals surface area contributed by atoms with Crippen LogP contribution in [0.2, 0.25) is 0 Å². The monoisotopic (exact) mass is 516 g/mol. The van der Waals surface area contributed by atoms with Gasteiger partial charge in [0.1, 0.15) is 5.67 Å². The zero-order valence-corrected chi connectivity index (χ0v) is 20.5. The Kier molecular flexibility index (Phi) is 7.52. The van der Waals surface area contributed by atoms with Gasteiger partial charge in [-0.05, 0) is 48.4 Å². The van der Waals surface area contributed by atoms with E-state index in [1.165, 1.54) is 18.3 Å². The molecule has 10 heteroatoms. The number of rotatable bonds is 7. The highest BCUT2D eigenvalue weighted by Crippen LogP contribution is 2.37. The molecule has 0 spiro atoms. The van der Waals surface area contributed by atoms with Crippen molar-refractivity contribution in [2.75, 3.05) is 43.6 Å². The standard InChI is InChI=1S/C27H28F4N4O2/c1-17-23(12-22(14-33-17)34-25(36)19-4-3-5-21(10-19)27(29,30)31)18-6-7-20-13-26(28,15-32)16-35(8-9-37-2)24(20)11-18/h3-7,10-12,14H,8-9,13,15-16,32H2,1-2H3,(H,34,36)/t26-/m1/s1. The van der Waals surface area contributed by atoms with E-state index in [1.807, 2.05) is 30.0 Å². The predicted molar refractivity (Wildman–Crippen MR) is 134 cm³/mol. The summed E-state index contributed by atoms with van der Waals surface area (Å²) in [5.41, 5.74) is 7.44. The number of benzene rings is 2. The van der Waals surface area contributed by atoms with E-state index in [-0.39, 0.29) is 25.1 Å². The molecule has 0 aliphatic carbocycles. The second-order valence-electron chi connectivity index (χ2n) is 9.18. The van der Waals surface area contributed by atoms with E-state index in [0.29, 0.717) is 24.5 Å². The van der Waals surface area contributed by atoms with Crippen LogP contribution in [0.4, 0.5) is 28.9 Å². The number of methoxy groups -OCH3 is 1. The number of hydrogen-bond acceptors (Lipinski definition) is 5. The first-order valence-corrected chi connectivity index (χ1v) is 11.7. The van der Waals surface area contributed by atoms with E-state index in [1.54, 1.807) is 13.2 Å². The van der Waals surface area contributed by atoms with Crippen LogP contribution < -0.4 is 16.0 Å². The molecule has 196 valence electrons. The fourth-order valence-corrected chi connectivity index (χ4v) is 4.47. The Morgan fingerprint density at radius 1 is 1.22 bits per heavy atom. The fourth-order valence-electron chi connectivity index (χ4n) is 4.47. The van der Waals surface area contributed by atoms with Crippen molar-refractivity contribution in [3.63, 3.8) is 0 Å². The maximum Gasteiger partial charge on any atom is 0.416 e. The van der Waals surface area contributed by atoms with E-state index in [9.17, 15) is 18.0 Å². The number of anilines is 2. The SMILES string of the molecule is COCCN1C[C@](F)(CN)Cc2ccc(-c3cc(NC(=O)c4cccc(C(F)(F)F)c4)cnc3C)cc21. The topological polar surface area (TPSA) is 80.5 Å². The number of nitrogens with one attached hydrogen (secondary N) is 1. The van der Waals surface area contributed by atoms with Crippen LogP contribution in [0.1, 0.15) is 27.2 Å². The molecule has 3 aromatic rings. The third kappa shape index (κ3) is 5.91. The number of fused-ring (bicyclic) bond motifs is 1. The van der Waals surface area contributed by atoms with Gasteiger partial charge in [-0.25, -0.2) is 4.39 Å². The molecule has 1 amide bonds. The Balaban J connectivity index is 1.63. The van der Waals surface area contributed by atoms with Gasteiger partial charge in [-0.15, -0.1) is 0 Å². The fraction of sp³-hybridized carbons (Fsp3) is 0.333. The van der Waals surface area contributed by atoms with Crippen LogP contribution in [0.3, 0.4) is 0 Å². The molecule has 0 saturated carbocycles. The minimum Gasteiger partial charge on any atom is -0.383 e. The molecule has 0 saturated heterocycles. The number of nitrogens with two attached hydrogens (primary N) is 1. The second kappa shape index (κ2) is 10.5. The van der Waals surface area contributed by atoms with Crippen LogP contribution >= 0.6 is 0 Å². The molecule has 1 aliphatic rings. The quantitative estimate of drug-likeness (QED) is 0.432. The van der Waals surface area contributed by atoms with Gasteiger partial charge in [0.25, 0.3) is 5.91 Å². The van der Waals surface area contributed by atoms with Crippen LogP contribution in [0.15, 0.2) is 54.7 Å². The predicted octanol–water partition coefficient (Wildman–Crippen LogP) is 5.00. The second-order valence-corrected chi connectivity index (χ2v) is 9.18. The Hall–Kier alpha value is -3.50. The van der Waals surface area contributed by atoms with Crippen molar-refractivity contribution in [3.05, 3.63) is 77.1 Å². The van der Waals surface area contributed by atoms with Gasteiger partial charge in [0, 0.05) is 49.1 Å². The number of amides is 1. The molecule has 3 N–H and O–H groups in total. The summed E-state index contributed by atoms with van der Waals surface area (Å²) in [4.78, 5) is 19.0. The van der Waals surface area contributed by atoms with E-state index in [2.05, 4.69) is 10.3 Å². The van der Waals surface area contributed by atoms with Crippen molar-refractivity contribution in [2.24, 2.45) is 5.73 Å². The molecule has 0 unspecified atom stereocenters. The molecule has 4 rings (SSSR count). The zero-order valence-electron chi connectivity index (χ0n) is 20.5. The number of halogens is 4. The molecular formula is C27H28F4N4O2. The Morgan fingerprint density at radius 3 is 2.70 bits per heavy atom. The number of aromatic nitrogens is 1. The lowest BCUT2D eigenvalue weighted by Gasteiger charge is -2.39. The van der Waals surface area contributed by atoms with Crippen LogP contribution in [-0.4, -0.2) is 49.9 Å². The highest BCUT2D eigenvalue weighted by Gasteiger charge is 2.37. The number of carbonyl (C=O) groups excluding carboxylic acids is 1. The van der Waals surface area contributed by atoms with Crippen LogP contribution in [-0.2, 0) is 17.3 Å². The summed E-state index contributed by atoms with van der Waals surface area (Å²) >= 11 is 0. The molecule has 1 aliphatic heterocycles. The molecule has 0 bridgehead atoms. The number of alkyl halides is 4. The number of carbonyl (C=O) groups is 1. The lowest BCUT2D eigenvalue weighted by molar-refractivity contribution is -0.137. The first-order valence-electron chi connectivity index (χ1n) is 11.7. The summed E-state index contributed by atoms with van der Waals surface area (Å²) in [6.07, 6.45) is -2.90. The Morgan fingerprint density at radius 2 is 2.00 bits per heavy atom. The average molecular weight is 517 g/mol. The van der Waals surface area contributed by atoms with Gasteiger partial charge < -0.3 is 20.7 Å². The van der Waals surface area contributed by atoms with Crippen LogP contribution in [0.5, 0.6) is 0 Å². The molecule has 1 aromatic heterocycles. The van der Waals surface area contributed by atoms with Crippen molar-refractivity contribution < 1.29 is 27.1 Å². The summed E-state index contributed by atoms with van der Waals surface area (Å²) in [6.45, 7) is 2.78. The van der Waals surface area contributed by atoms with Crippen molar-refractivity contribution in [2.45, 2.75) is 25.2 Å². The molecule has 0 fully saturated rings. The summed E-state index contributed by atoms with van der Waals surface area (Å²) in [5.74, 6) is -0.681. The smallest absolute Gasteiger partial charge is 0.383 e. The van der Waals surface area contributed by atoms with Gasteiger partial charge in [-0.2, -0.15) is 13.2 Å². The number of aryl methyl sites for hydroxylation is 1. The van der Waals surface area contributed by atoms with Crippen LogP contribution in [0, 0.1) is 6.92 Å². The van der Waals surface area contributed by atoms with Gasteiger partial charge in [-0.3, -0.25) is 9.78 Å². The van der Waals surface area contributed by atoms with E-state index in [4.69, 9.17) is 10.5 Å². The van der Waals surface area contributed by atoms with Crippen LogP contribution in [0.25, 0.3) is 11.1 Å². The molecule has 2 aromatic carbocycles. The lowest BCUT2D eigenvalue weighted by Crippen LogP contribution is -2.51. The van der Waals surface area contributed by atoms with Gasteiger partial charge in [0.2, 0.25) is 0 Å². The van der Waals surface area contributed by atoms with E-state index >= 15 is 4.39 Å². The number of ether oxygens (including phenoxy) is 1. The molecule has 0 radical (unpaired) electrons. The highest BCUT2D eigenvalue weighted by molar-refractivity contribution is 6.04. The van der Waals surface area contributed by atoms with Crippen molar-refractivity contribution in [1.82, 2.24) is 4.98 Å². The largest absolute Gasteiger partial charge is 0.416 e. The first-order chi connectivity index (χ1) is 17.5. The third-order valence-electron chi connectivity index (χ3n) is 6.45. The van der Waals surface area contributed by atoms with Gasteiger partial charge >= 0.3 is 6.18 Å². The maximum absolute atomic E-state index is 15.2. The Bertz CT molecular complexity index is 1300. The molecular weight excluding hydrogens is 488 g/mol. The summed E-state index contributed by atoms with van der Waals surface area (Å²) < 4.78 is 59.6. The molecule has 37 heavy (non-hydrogen) atoms. The van der Waals surface area contributed by atoms with Gasteiger partial charge in [0.15, 0.2) is 0 Å². The van der Waals surface area contributed by atoms with Crippen molar-refractivity contribution in [3.8, 4) is 11.1 Å². The molecule has 1 atom stereocenters. The summed E-state index contributed by atoms with van der Waals surface area (Å²) in [7, 11) is 1.58. The summed E-state index contributed by atoms with van der Waals surface area (Å²) in [6, 6.07) is 11.6. The minimum atomic E-state index is -4.55. The van der Waals surface area contributed by atoms with Gasteiger partial charge in [-0.1, -0.05) is 18.2 Å². The Labute approximate surface area is 212 Å². The first kappa shape index (κ1) is 26.6. The third-order valence-corrected chi connectivity index (χ3v) is 6.45. The normalized spacial score (nSPS) is 17.4. The summed E-state index contributed by atoms with van der Waals surface area (Å²) in [5, 5.41) is 2.63. The van der Waals surface area contributed by atoms with Gasteiger partial charge in [0.05, 0.1) is 30.6 Å². The highest BCUT2D eigenvalue weighted by atomic mass is 19.4. The molecule has 2 heterocycles. The van der Waals surface area contributed by atoms with E-state index < -0.39 is 23.3 Å². The molecule has 6 nitrogen and oxygen atoms in total. The number of hydrogen-bond donors (Lipinski definition) is 2.